The van der Waals surface area contributed by atoms with Crippen molar-refractivity contribution in [2.45, 2.75) is 26.3 Å². The lowest BCUT2D eigenvalue weighted by atomic mass is 10.1. The van der Waals surface area contributed by atoms with Crippen LogP contribution in [0.3, 0.4) is 0 Å². The fourth-order valence-electron chi connectivity index (χ4n) is 1.73. The Morgan fingerprint density at radius 3 is 2.75 bits per heavy atom. The first-order chi connectivity index (χ1) is 9.70. The van der Waals surface area contributed by atoms with E-state index in [9.17, 15) is 0 Å². The summed E-state index contributed by atoms with van der Waals surface area (Å²) >= 11 is 6.13. The molecule has 0 fully saturated rings. The molecule has 5 nitrogen and oxygen atoms in total. The van der Waals surface area contributed by atoms with Crippen molar-refractivity contribution in [2.75, 3.05) is 17.2 Å². The highest BCUT2D eigenvalue weighted by atomic mass is 35.5. The molecule has 1 atom stereocenters. The zero-order chi connectivity index (χ0) is 14.4. The van der Waals surface area contributed by atoms with Crippen molar-refractivity contribution in [2.24, 2.45) is 0 Å². The van der Waals surface area contributed by atoms with E-state index in [1.165, 1.54) is 0 Å². The molecule has 0 amide bonds. The van der Waals surface area contributed by atoms with Crippen LogP contribution in [0.4, 0.5) is 11.8 Å². The molecule has 0 spiro atoms. The normalized spacial score (nSPS) is 11.9. The first-order valence-electron chi connectivity index (χ1n) is 6.63. The summed E-state index contributed by atoms with van der Waals surface area (Å²) in [7, 11) is 0. The van der Waals surface area contributed by atoms with Crippen LogP contribution >= 0.6 is 11.6 Å². The molecule has 0 aromatic carbocycles. The highest BCUT2D eigenvalue weighted by Gasteiger charge is 2.10. The summed E-state index contributed by atoms with van der Waals surface area (Å²) in [6, 6.07) is 4.01. The zero-order valence-electron chi connectivity index (χ0n) is 11.6. The van der Waals surface area contributed by atoms with Crippen LogP contribution in [0.15, 0.2) is 30.7 Å². The number of nitrogens with one attached hydrogen (secondary N) is 2. The van der Waals surface area contributed by atoms with Crippen molar-refractivity contribution < 1.29 is 0 Å². The van der Waals surface area contributed by atoms with Gasteiger partial charge in [-0.15, -0.1) is 0 Å². The maximum absolute atomic E-state index is 6.13. The molecule has 0 saturated carbocycles. The smallest absolute Gasteiger partial charge is 0.224 e. The van der Waals surface area contributed by atoms with E-state index in [-0.39, 0.29) is 6.04 Å². The molecule has 0 aliphatic carbocycles. The second-order valence-electron chi connectivity index (χ2n) is 4.46. The monoisotopic (exact) mass is 291 g/mol. The summed E-state index contributed by atoms with van der Waals surface area (Å²) in [6.45, 7) is 4.97. The molecular weight excluding hydrogens is 274 g/mol. The SMILES string of the molecule is CCCNc1ncc(Cl)c(NC(C)c2ccncc2)n1. The number of hydrogen-bond acceptors (Lipinski definition) is 5. The molecule has 0 aliphatic heterocycles. The molecule has 2 heterocycles. The molecule has 2 aromatic heterocycles. The van der Waals surface area contributed by atoms with E-state index in [1.807, 2.05) is 19.1 Å². The van der Waals surface area contributed by atoms with E-state index >= 15 is 0 Å². The number of nitrogens with zero attached hydrogens (tertiary/aromatic N) is 3. The Hall–Kier alpha value is -1.88. The maximum atomic E-state index is 6.13. The first-order valence-corrected chi connectivity index (χ1v) is 7.01. The molecule has 2 aromatic rings. The highest BCUT2D eigenvalue weighted by Crippen LogP contribution is 2.24. The predicted molar refractivity (Wildman–Crippen MR) is 82.1 cm³/mol. The molecule has 0 aliphatic rings. The summed E-state index contributed by atoms with van der Waals surface area (Å²) in [5.41, 5.74) is 1.12. The van der Waals surface area contributed by atoms with E-state index in [2.05, 4.69) is 32.5 Å². The van der Waals surface area contributed by atoms with E-state index < -0.39 is 0 Å². The first kappa shape index (κ1) is 14.5. The number of halogens is 1. The third kappa shape index (κ3) is 3.81. The molecule has 1 unspecified atom stereocenters. The van der Waals surface area contributed by atoms with E-state index in [1.54, 1.807) is 18.6 Å². The van der Waals surface area contributed by atoms with Crippen LogP contribution in [0.25, 0.3) is 0 Å². The molecule has 6 heteroatoms. The molecule has 0 saturated heterocycles. The Kier molecular flexibility index (Phi) is 5.12. The van der Waals surface area contributed by atoms with Gasteiger partial charge in [-0.2, -0.15) is 4.98 Å². The molecule has 20 heavy (non-hydrogen) atoms. The van der Waals surface area contributed by atoms with Gasteiger partial charge in [0.05, 0.1) is 12.2 Å². The Labute approximate surface area is 123 Å². The second-order valence-corrected chi connectivity index (χ2v) is 4.87. The summed E-state index contributed by atoms with van der Waals surface area (Å²) in [4.78, 5) is 12.6. The highest BCUT2D eigenvalue weighted by molar-refractivity contribution is 6.32. The average molecular weight is 292 g/mol. The standard InChI is InChI=1S/C14H18ClN5/c1-3-6-17-14-18-9-12(15)13(20-14)19-10(2)11-4-7-16-8-5-11/h4-5,7-10H,3,6H2,1-2H3,(H2,17,18,19,20). The average Bonchev–Trinajstić information content (AvgIpc) is 2.49. The largest absolute Gasteiger partial charge is 0.362 e. The topological polar surface area (TPSA) is 62.7 Å². The van der Waals surface area contributed by atoms with Gasteiger partial charge in [0.2, 0.25) is 5.95 Å². The molecule has 106 valence electrons. The van der Waals surface area contributed by atoms with Gasteiger partial charge in [0, 0.05) is 18.9 Å². The van der Waals surface area contributed by atoms with Crippen LogP contribution in [0.5, 0.6) is 0 Å². The molecule has 0 radical (unpaired) electrons. The van der Waals surface area contributed by atoms with Gasteiger partial charge in [-0.3, -0.25) is 4.98 Å². The third-order valence-electron chi connectivity index (χ3n) is 2.84. The van der Waals surface area contributed by atoms with Crippen LogP contribution in [0, 0.1) is 0 Å². The van der Waals surface area contributed by atoms with Gasteiger partial charge in [-0.1, -0.05) is 18.5 Å². The minimum absolute atomic E-state index is 0.0874. The van der Waals surface area contributed by atoms with Crippen molar-refractivity contribution in [3.63, 3.8) is 0 Å². The lowest BCUT2D eigenvalue weighted by molar-refractivity contribution is 0.866. The predicted octanol–water partition coefficient (Wildman–Crippen LogP) is 3.52. The van der Waals surface area contributed by atoms with Crippen LogP contribution < -0.4 is 10.6 Å². The number of hydrogen-bond donors (Lipinski definition) is 2. The van der Waals surface area contributed by atoms with Crippen LogP contribution in [-0.2, 0) is 0 Å². The number of anilines is 2. The molecule has 2 N–H and O–H groups in total. The Balaban J connectivity index is 2.11. The quantitative estimate of drug-likeness (QED) is 0.852. The summed E-state index contributed by atoms with van der Waals surface area (Å²) < 4.78 is 0. The maximum Gasteiger partial charge on any atom is 0.224 e. The van der Waals surface area contributed by atoms with Crippen LogP contribution in [0.2, 0.25) is 5.02 Å². The lowest BCUT2D eigenvalue weighted by Gasteiger charge is -2.16. The molecular formula is C14H18ClN5. The van der Waals surface area contributed by atoms with Gasteiger partial charge in [0.15, 0.2) is 5.82 Å². The fourth-order valence-corrected chi connectivity index (χ4v) is 1.88. The summed E-state index contributed by atoms with van der Waals surface area (Å²) in [6.07, 6.45) is 6.16. The van der Waals surface area contributed by atoms with Crippen molar-refractivity contribution in [1.29, 1.82) is 0 Å². The Bertz CT molecular complexity index is 547. The van der Waals surface area contributed by atoms with Gasteiger partial charge >= 0.3 is 0 Å². The van der Waals surface area contributed by atoms with Gasteiger partial charge in [-0.05, 0) is 31.0 Å². The van der Waals surface area contributed by atoms with Crippen molar-refractivity contribution in [1.82, 2.24) is 15.0 Å². The number of pyridine rings is 1. The summed E-state index contributed by atoms with van der Waals surface area (Å²) in [5.74, 6) is 1.21. The number of aromatic nitrogens is 3. The fraction of sp³-hybridized carbons (Fsp3) is 0.357. The van der Waals surface area contributed by atoms with E-state index in [0.717, 1.165) is 18.5 Å². The molecule has 2 rings (SSSR count). The van der Waals surface area contributed by atoms with E-state index in [0.29, 0.717) is 16.8 Å². The van der Waals surface area contributed by atoms with E-state index in [4.69, 9.17) is 11.6 Å². The van der Waals surface area contributed by atoms with Crippen molar-refractivity contribution in [3.05, 3.63) is 41.3 Å². The van der Waals surface area contributed by atoms with Crippen molar-refractivity contribution in [3.8, 4) is 0 Å². The van der Waals surface area contributed by atoms with Gasteiger partial charge in [-0.25, -0.2) is 4.98 Å². The zero-order valence-corrected chi connectivity index (χ0v) is 12.4. The second kappa shape index (κ2) is 7.05. The van der Waals surface area contributed by atoms with Crippen LogP contribution in [-0.4, -0.2) is 21.5 Å². The molecule has 0 bridgehead atoms. The number of rotatable bonds is 6. The Morgan fingerprint density at radius 2 is 2.05 bits per heavy atom. The Morgan fingerprint density at radius 1 is 1.30 bits per heavy atom. The minimum Gasteiger partial charge on any atom is -0.362 e. The summed E-state index contributed by atoms with van der Waals surface area (Å²) in [5, 5.41) is 6.94. The van der Waals surface area contributed by atoms with Gasteiger partial charge in [0.1, 0.15) is 5.02 Å². The van der Waals surface area contributed by atoms with Gasteiger partial charge in [0.25, 0.3) is 0 Å². The van der Waals surface area contributed by atoms with Crippen LogP contribution in [0.1, 0.15) is 31.9 Å². The third-order valence-corrected chi connectivity index (χ3v) is 3.11. The van der Waals surface area contributed by atoms with Gasteiger partial charge < -0.3 is 10.6 Å². The van der Waals surface area contributed by atoms with Crippen molar-refractivity contribution >= 4 is 23.4 Å². The lowest BCUT2D eigenvalue weighted by Crippen LogP contribution is -2.11. The minimum atomic E-state index is 0.0874.